The maximum absolute atomic E-state index is 12.6. The van der Waals surface area contributed by atoms with Gasteiger partial charge in [0.1, 0.15) is 5.75 Å². The van der Waals surface area contributed by atoms with Gasteiger partial charge in [-0.25, -0.2) is 0 Å². The van der Waals surface area contributed by atoms with E-state index in [4.69, 9.17) is 4.74 Å². The molecule has 122 valence electrons. The van der Waals surface area contributed by atoms with Gasteiger partial charge in [0.25, 0.3) is 5.91 Å². The van der Waals surface area contributed by atoms with Gasteiger partial charge in [0.05, 0.1) is 13.2 Å². The van der Waals surface area contributed by atoms with Crippen LogP contribution in [-0.4, -0.2) is 19.3 Å². The minimum absolute atomic E-state index is 0.0607. The minimum Gasteiger partial charge on any atom is -0.496 e. The molecule has 1 unspecified atom stereocenters. The highest BCUT2D eigenvalue weighted by molar-refractivity contribution is 7.98. The lowest BCUT2D eigenvalue weighted by atomic mass is 10.0. The molecule has 2 aromatic rings. The number of ether oxygens (including phenoxy) is 1. The zero-order valence-electron chi connectivity index (χ0n) is 14.3. The van der Waals surface area contributed by atoms with Crippen LogP contribution in [0.1, 0.15) is 40.0 Å². The van der Waals surface area contributed by atoms with E-state index >= 15 is 0 Å². The first kappa shape index (κ1) is 17.4. The van der Waals surface area contributed by atoms with E-state index in [-0.39, 0.29) is 11.9 Å². The van der Waals surface area contributed by atoms with Gasteiger partial charge in [0.2, 0.25) is 0 Å². The van der Waals surface area contributed by atoms with Gasteiger partial charge in [-0.1, -0.05) is 23.8 Å². The lowest BCUT2D eigenvalue weighted by Crippen LogP contribution is -2.27. The number of amides is 1. The summed E-state index contributed by atoms with van der Waals surface area (Å²) in [7, 11) is 1.65. The van der Waals surface area contributed by atoms with Gasteiger partial charge in [0.15, 0.2) is 0 Å². The summed E-state index contributed by atoms with van der Waals surface area (Å²) in [6, 6.07) is 11.8. The Morgan fingerprint density at radius 1 is 1.17 bits per heavy atom. The summed E-state index contributed by atoms with van der Waals surface area (Å²) >= 11 is 1.63. The molecule has 2 rings (SSSR count). The Morgan fingerprint density at radius 3 is 2.57 bits per heavy atom. The standard InChI is InChI=1S/C19H23NO2S/c1-12-6-9-18(22-4)17(10-12)14(3)20-19(21)16-11-15(23-5)8-7-13(16)2/h6-11,14H,1-5H3,(H,20,21). The summed E-state index contributed by atoms with van der Waals surface area (Å²) in [6.45, 7) is 5.96. The van der Waals surface area contributed by atoms with Crippen LogP contribution in [-0.2, 0) is 0 Å². The number of hydrogen-bond acceptors (Lipinski definition) is 3. The van der Waals surface area contributed by atoms with E-state index in [1.807, 2.05) is 57.4 Å². The Balaban J connectivity index is 2.25. The third kappa shape index (κ3) is 4.08. The smallest absolute Gasteiger partial charge is 0.252 e. The van der Waals surface area contributed by atoms with E-state index in [0.717, 1.165) is 32.9 Å². The Kier molecular flexibility index (Phi) is 5.72. The number of carbonyl (C=O) groups is 1. The van der Waals surface area contributed by atoms with Crippen LogP contribution < -0.4 is 10.1 Å². The van der Waals surface area contributed by atoms with Gasteiger partial charge >= 0.3 is 0 Å². The van der Waals surface area contributed by atoms with Crippen LogP contribution in [0.15, 0.2) is 41.3 Å². The monoisotopic (exact) mass is 329 g/mol. The van der Waals surface area contributed by atoms with Crippen molar-refractivity contribution in [1.29, 1.82) is 0 Å². The van der Waals surface area contributed by atoms with E-state index in [9.17, 15) is 4.79 Å². The number of methoxy groups -OCH3 is 1. The first-order valence-corrected chi connectivity index (χ1v) is 8.78. The molecule has 3 nitrogen and oxygen atoms in total. The van der Waals surface area contributed by atoms with Crippen LogP contribution in [0.2, 0.25) is 0 Å². The van der Waals surface area contributed by atoms with Crippen LogP contribution in [0.4, 0.5) is 0 Å². The van der Waals surface area contributed by atoms with Crippen molar-refractivity contribution >= 4 is 17.7 Å². The fourth-order valence-corrected chi connectivity index (χ4v) is 2.96. The molecule has 0 aliphatic heterocycles. The fourth-order valence-electron chi connectivity index (χ4n) is 2.52. The second-order valence-electron chi connectivity index (χ2n) is 5.62. The van der Waals surface area contributed by atoms with Gasteiger partial charge in [-0.3, -0.25) is 4.79 Å². The van der Waals surface area contributed by atoms with Crippen molar-refractivity contribution in [2.24, 2.45) is 0 Å². The van der Waals surface area contributed by atoms with Gasteiger partial charge in [-0.15, -0.1) is 11.8 Å². The molecular formula is C19H23NO2S. The third-order valence-corrected chi connectivity index (χ3v) is 4.61. The highest BCUT2D eigenvalue weighted by Crippen LogP contribution is 2.27. The highest BCUT2D eigenvalue weighted by atomic mass is 32.2. The summed E-state index contributed by atoms with van der Waals surface area (Å²) in [5.74, 6) is 0.729. The lowest BCUT2D eigenvalue weighted by Gasteiger charge is -2.19. The Bertz CT molecular complexity index is 713. The predicted molar refractivity (Wildman–Crippen MR) is 96.6 cm³/mol. The van der Waals surface area contributed by atoms with Crippen molar-refractivity contribution in [2.75, 3.05) is 13.4 Å². The molecular weight excluding hydrogens is 306 g/mol. The quantitative estimate of drug-likeness (QED) is 0.819. The molecule has 1 N–H and O–H groups in total. The van der Waals surface area contributed by atoms with Crippen molar-refractivity contribution in [2.45, 2.75) is 31.7 Å². The number of aryl methyl sites for hydroxylation is 2. The molecule has 0 spiro atoms. The zero-order valence-corrected chi connectivity index (χ0v) is 15.1. The summed E-state index contributed by atoms with van der Waals surface area (Å²) in [5.41, 5.74) is 3.82. The molecule has 23 heavy (non-hydrogen) atoms. The number of thioether (sulfide) groups is 1. The first-order valence-electron chi connectivity index (χ1n) is 7.56. The Labute approximate surface area is 142 Å². The first-order chi connectivity index (χ1) is 11.0. The molecule has 0 radical (unpaired) electrons. The summed E-state index contributed by atoms with van der Waals surface area (Å²) in [6.07, 6.45) is 2.01. The van der Waals surface area contributed by atoms with E-state index < -0.39 is 0 Å². The van der Waals surface area contributed by atoms with E-state index in [0.29, 0.717) is 0 Å². The van der Waals surface area contributed by atoms with Gasteiger partial charge in [0, 0.05) is 16.0 Å². The van der Waals surface area contributed by atoms with E-state index in [1.165, 1.54) is 0 Å². The molecule has 1 amide bonds. The average molecular weight is 329 g/mol. The molecule has 0 fully saturated rings. The van der Waals surface area contributed by atoms with Crippen LogP contribution in [0.25, 0.3) is 0 Å². The third-order valence-electron chi connectivity index (χ3n) is 3.89. The second-order valence-corrected chi connectivity index (χ2v) is 6.50. The van der Waals surface area contributed by atoms with Gasteiger partial charge < -0.3 is 10.1 Å². The normalized spacial score (nSPS) is 11.9. The maximum atomic E-state index is 12.6. The molecule has 0 aliphatic rings. The summed E-state index contributed by atoms with van der Waals surface area (Å²) in [4.78, 5) is 13.7. The molecule has 0 heterocycles. The van der Waals surface area contributed by atoms with Crippen molar-refractivity contribution < 1.29 is 9.53 Å². The van der Waals surface area contributed by atoms with Gasteiger partial charge in [-0.05, 0) is 50.8 Å². The van der Waals surface area contributed by atoms with Crippen LogP contribution in [0, 0.1) is 13.8 Å². The molecule has 1 atom stereocenters. The number of benzene rings is 2. The molecule has 0 saturated heterocycles. The average Bonchev–Trinajstić information content (AvgIpc) is 2.55. The topological polar surface area (TPSA) is 38.3 Å². The van der Waals surface area contributed by atoms with Crippen molar-refractivity contribution in [3.8, 4) is 5.75 Å². The fraction of sp³-hybridized carbons (Fsp3) is 0.316. The lowest BCUT2D eigenvalue weighted by molar-refractivity contribution is 0.0938. The summed E-state index contributed by atoms with van der Waals surface area (Å²) in [5, 5.41) is 3.08. The SMILES string of the molecule is COc1ccc(C)cc1C(C)NC(=O)c1cc(SC)ccc1C. The molecule has 4 heteroatoms. The molecule has 2 aromatic carbocycles. The highest BCUT2D eigenvalue weighted by Gasteiger charge is 2.17. The van der Waals surface area contributed by atoms with Crippen molar-refractivity contribution in [3.63, 3.8) is 0 Å². The number of hydrogen-bond donors (Lipinski definition) is 1. The number of rotatable bonds is 5. The van der Waals surface area contributed by atoms with Crippen LogP contribution >= 0.6 is 11.8 Å². The van der Waals surface area contributed by atoms with Crippen molar-refractivity contribution in [1.82, 2.24) is 5.32 Å². The minimum atomic E-state index is -0.130. The van der Waals surface area contributed by atoms with Crippen LogP contribution in [0.5, 0.6) is 5.75 Å². The molecule has 0 saturated carbocycles. The van der Waals surface area contributed by atoms with Crippen LogP contribution in [0.3, 0.4) is 0 Å². The second kappa shape index (κ2) is 7.55. The summed E-state index contributed by atoms with van der Waals surface area (Å²) < 4.78 is 5.41. The van der Waals surface area contributed by atoms with E-state index in [1.54, 1.807) is 18.9 Å². The van der Waals surface area contributed by atoms with Crippen molar-refractivity contribution in [3.05, 3.63) is 58.7 Å². The zero-order chi connectivity index (χ0) is 17.0. The molecule has 0 bridgehead atoms. The number of nitrogens with one attached hydrogen (secondary N) is 1. The predicted octanol–water partition coefficient (Wildman–Crippen LogP) is 4.52. The Hall–Kier alpha value is -1.94. The Morgan fingerprint density at radius 2 is 1.91 bits per heavy atom. The van der Waals surface area contributed by atoms with Gasteiger partial charge in [-0.2, -0.15) is 0 Å². The molecule has 0 aliphatic carbocycles. The maximum Gasteiger partial charge on any atom is 0.252 e. The van der Waals surface area contributed by atoms with E-state index in [2.05, 4.69) is 11.4 Å². The largest absolute Gasteiger partial charge is 0.496 e. The number of carbonyl (C=O) groups excluding carboxylic acids is 1. The molecule has 0 aromatic heterocycles.